The molecule has 2 aromatic rings. The molecule has 0 saturated heterocycles. The molecule has 2 aromatic carbocycles. The number of nitrogens with zero attached hydrogens (tertiary/aromatic N) is 1. The van der Waals surface area contributed by atoms with E-state index in [0.717, 1.165) is 0 Å². The van der Waals surface area contributed by atoms with Crippen LogP contribution >= 0.6 is 0 Å². The van der Waals surface area contributed by atoms with E-state index in [1.807, 2.05) is 6.07 Å². The van der Waals surface area contributed by atoms with Gasteiger partial charge in [0.2, 0.25) is 0 Å². The molecule has 0 fully saturated rings. The number of hydrogen-bond acceptors (Lipinski definition) is 4. The summed E-state index contributed by atoms with van der Waals surface area (Å²) in [6.07, 6.45) is 1.38. The van der Waals surface area contributed by atoms with Crippen molar-refractivity contribution in [1.29, 1.82) is 0 Å². The third kappa shape index (κ3) is 3.32. The molecule has 19 heavy (non-hydrogen) atoms. The lowest BCUT2D eigenvalue weighted by atomic mass is 10.2. The van der Waals surface area contributed by atoms with Crippen molar-refractivity contribution in [3.8, 4) is 11.5 Å². The molecule has 0 aromatic heterocycles. The average molecular weight is 256 g/mol. The van der Waals surface area contributed by atoms with Crippen molar-refractivity contribution in [1.82, 2.24) is 5.43 Å². The van der Waals surface area contributed by atoms with Crippen LogP contribution in [0, 0.1) is 0 Å². The minimum Gasteiger partial charge on any atom is -0.504 e. The van der Waals surface area contributed by atoms with Gasteiger partial charge < -0.3 is 10.2 Å². The van der Waals surface area contributed by atoms with Gasteiger partial charge in [-0.25, -0.2) is 5.43 Å². The van der Waals surface area contributed by atoms with Gasteiger partial charge in [-0.2, -0.15) is 5.10 Å². The summed E-state index contributed by atoms with van der Waals surface area (Å²) in [7, 11) is 0. The molecule has 1 amide bonds. The fraction of sp³-hybridized carbons (Fsp3) is 0. The van der Waals surface area contributed by atoms with Crippen molar-refractivity contribution in [2.75, 3.05) is 0 Å². The third-order valence-corrected chi connectivity index (χ3v) is 2.42. The van der Waals surface area contributed by atoms with Crippen LogP contribution in [0.4, 0.5) is 0 Å². The third-order valence-electron chi connectivity index (χ3n) is 2.42. The number of phenols is 2. The highest BCUT2D eigenvalue weighted by Gasteiger charge is 2.02. The smallest absolute Gasteiger partial charge is 0.271 e. The Morgan fingerprint density at radius 2 is 1.79 bits per heavy atom. The quantitative estimate of drug-likeness (QED) is 0.445. The zero-order valence-corrected chi connectivity index (χ0v) is 9.95. The van der Waals surface area contributed by atoms with E-state index in [1.165, 1.54) is 18.3 Å². The number of rotatable bonds is 3. The van der Waals surface area contributed by atoms with Crippen LogP contribution in [0.2, 0.25) is 0 Å². The molecule has 0 heterocycles. The maximum Gasteiger partial charge on any atom is 0.271 e. The molecule has 0 radical (unpaired) electrons. The van der Waals surface area contributed by atoms with E-state index in [-0.39, 0.29) is 17.4 Å². The highest BCUT2D eigenvalue weighted by atomic mass is 16.3. The molecule has 0 atom stereocenters. The number of carbonyl (C=O) groups is 1. The first-order valence-corrected chi connectivity index (χ1v) is 5.57. The predicted molar refractivity (Wildman–Crippen MR) is 71.3 cm³/mol. The molecule has 0 aliphatic heterocycles. The average Bonchev–Trinajstić information content (AvgIpc) is 2.43. The second-order valence-corrected chi connectivity index (χ2v) is 3.81. The van der Waals surface area contributed by atoms with E-state index in [0.29, 0.717) is 11.1 Å². The van der Waals surface area contributed by atoms with Crippen LogP contribution in [0.3, 0.4) is 0 Å². The maximum atomic E-state index is 11.6. The van der Waals surface area contributed by atoms with E-state index in [4.69, 9.17) is 5.11 Å². The number of hydrazone groups is 1. The molecule has 5 nitrogen and oxygen atoms in total. The minimum absolute atomic E-state index is 0.203. The monoisotopic (exact) mass is 256 g/mol. The van der Waals surface area contributed by atoms with Crippen LogP contribution in [0.1, 0.15) is 15.9 Å². The van der Waals surface area contributed by atoms with E-state index in [1.54, 1.807) is 30.3 Å². The number of hydrogen-bond donors (Lipinski definition) is 3. The van der Waals surface area contributed by atoms with E-state index in [2.05, 4.69) is 10.5 Å². The van der Waals surface area contributed by atoms with Gasteiger partial charge in [-0.1, -0.05) is 18.2 Å². The summed E-state index contributed by atoms with van der Waals surface area (Å²) in [6, 6.07) is 12.9. The highest BCUT2D eigenvalue weighted by Crippen LogP contribution is 2.23. The van der Waals surface area contributed by atoms with Gasteiger partial charge >= 0.3 is 0 Å². The number of benzene rings is 2. The Labute approximate surface area is 109 Å². The normalized spacial score (nSPS) is 10.5. The van der Waals surface area contributed by atoms with Crippen molar-refractivity contribution in [3.05, 3.63) is 59.7 Å². The first-order valence-electron chi connectivity index (χ1n) is 5.57. The SMILES string of the molecule is O=C(N/N=C/c1ccc(O)c(O)c1)c1ccccc1. The van der Waals surface area contributed by atoms with Crippen LogP contribution in [-0.2, 0) is 0 Å². The van der Waals surface area contributed by atoms with Gasteiger partial charge in [-0.15, -0.1) is 0 Å². The molecule has 0 aliphatic rings. The molecule has 0 unspecified atom stereocenters. The van der Waals surface area contributed by atoms with Crippen LogP contribution < -0.4 is 5.43 Å². The fourth-order valence-corrected chi connectivity index (χ4v) is 1.44. The number of phenolic OH excluding ortho intramolecular Hbond substituents is 2. The van der Waals surface area contributed by atoms with Crippen molar-refractivity contribution in [2.24, 2.45) is 5.10 Å². The maximum absolute atomic E-state index is 11.6. The van der Waals surface area contributed by atoms with Crippen molar-refractivity contribution < 1.29 is 15.0 Å². The minimum atomic E-state index is -0.320. The molecule has 0 spiro atoms. The topological polar surface area (TPSA) is 81.9 Å². The first kappa shape index (κ1) is 12.6. The Morgan fingerprint density at radius 1 is 1.05 bits per heavy atom. The Hall–Kier alpha value is -2.82. The molecule has 2 rings (SSSR count). The van der Waals surface area contributed by atoms with Gasteiger partial charge in [-0.05, 0) is 35.9 Å². The molecule has 0 bridgehead atoms. The van der Waals surface area contributed by atoms with Crippen LogP contribution in [0.25, 0.3) is 0 Å². The van der Waals surface area contributed by atoms with Gasteiger partial charge in [0.15, 0.2) is 11.5 Å². The predicted octanol–water partition coefficient (Wildman–Crippen LogP) is 1.86. The Kier molecular flexibility index (Phi) is 3.78. The van der Waals surface area contributed by atoms with Crippen LogP contribution in [0.5, 0.6) is 11.5 Å². The second kappa shape index (κ2) is 5.68. The summed E-state index contributed by atoms with van der Waals surface area (Å²) >= 11 is 0. The van der Waals surface area contributed by atoms with Crippen molar-refractivity contribution in [2.45, 2.75) is 0 Å². The van der Waals surface area contributed by atoms with Gasteiger partial charge in [0.1, 0.15) is 0 Å². The Balaban J connectivity index is 2.00. The molecule has 0 aliphatic carbocycles. The molecule has 3 N–H and O–H groups in total. The lowest BCUT2D eigenvalue weighted by molar-refractivity contribution is 0.0955. The molecular weight excluding hydrogens is 244 g/mol. The number of amides is 1. The zero-order chi connectivity index (χ0) is 13.7. The van der Waals surface area contributed by atoms with Gasteiger partial charge in [0.25, 0.3) is 5.91 Å². The molecular formula is C14H12N2O3. The van der Waals surface area contributed by atoms with E-state index in [9.17, 15) is 9.90 Å². The van der Waals surface area contributed by atoms with E-state index < -0.39 is 0 Å². The number of aromatic hydroxyl groups is 2. The second-order valence-electron chi connectivity index (χ2n) is 3.81. The summed E-state index contributed by atoms with van der Waals surface area (Å²) in [5, 5.41) is 22.2. The Bertz CT molecular complexity index is 609. The van der Waals surface area contributed by atoms with E-state index >= 15 is 0 Å². The largest absolute Gasteiger partial charge is 0.504 e. The lowest BCUT2D eigenvalue weighted by Crippen LogP contribution is -2.17. The Morgan fingerprint density at radius 3 is 2.47 bits per heavy atom. The lowest BCUT2D eigenvalue weighted by Gasteiger charge is -2.00. The summed E-state index contributed by atoms with van der Waals surface area (Å²) in [5.74, 6) is -0.761. The standard InChI is InChI=1S/C14H12N2O3/c17-12-7-6-10(8-13(12)18)9-15-16-14(19)11-4-2-1-3-5-11/h1-9,17-18H,(H,16,19)/b15-9+. The number of carbonyl (C=O) groups excluding carboxylic acids is 1. The summed E-state index contributed by atoms with van der Waals surface area (Å²) in [6.45, 7) is 0. The molecule has 96 valence electrons. The fourth-order valence-electron chi connectivity index (χ4n) is 1.44. The van der Waals surface area contributed by atoms with Crippen molar-refractivity contribution in [3.63, 3.8) is 0 Å². The van der Waals surface area contributed by atoms with Gasteiger partial charge in [0, 0.05) is 5.56 Å². The molecule has 0 saturated carbocycles. The summed E-state index contributed by atoms with van der Waals surface area (Å²) in [4.78, 5) is 11.6. The van der Waals surface area contributed by atoms with Crippen molar-refractivity contribution >= 4 is 12.1 Å². The van der Waals surface area contributed by atoms with Gasteiger partial charge in [-0.3, -0.25) is 4.79 Å². The first-order chi connectivity index (χ1) is 9.16. The molecule has 5 heteroatoms. The summed E-state index contributed by atoms with van der Waals surface area (Å²) in [5.41, 5.74) is 3.43. The van der Waals surface area contributed by atoms with Crippen LogP contribution in [-0.4, -0.2) is 22.3 Å². The highest BCUT2D eigenvalue weighted by molar-refractivity contribution is 5.94. The van der Waals surface area contributed by atoms with Gasteiger partial charge in [0.05, 0.1) is 6.21 Å². The zero-order valence-electron chi connectivity index (χ0n) is 9.95. The number of nitrogens with one attached hydrogen (secondary N) is 1. The summed E-state index contributed by atoms with van der Waals surface area (Å²) < 4.78 is 0. The van der Waals surface area contributed by atoms with Crippen LogP contribution in [0.15, 0.2) is 53.6 Å².